The fraction of sp³-hybridized carbons (Fsp3) is 0.118. The quantitative estimate of drug-likeness (QED) is 0.758. The fourth-order valence-corrected chi connectivity index (χ4v) is 3.41. The molecule has 2 rings (SSSR count). The van der Waals surface area contributed by atoms with E-state index in [0.29, 0.717) is 15.6 Å². The van der Waals surface area contributed by atoms with Crippen LogP contribution in [0.4, 0.5) is 0 Å². The van der Waals surface area contributed by atoms with Crippen molar-refractivity contribution in [1.29, 1.82) is 21.0 Å². The van der Waals surface area contributed by atoms with E-state index in [1.165, 1.54) is 0 Å². The summed E-state index contributed by atoms with van der Waals surface area (Å²) in [5.74, 6) is 0.286. The monoisotopic (exact) mass is 347 g/mol. The highest BCUT2D eigenvalue weighted by Crippen LogP contribution is 2.37. The second-order valence-corrected chi connectivity index (χ2v) is 6.26. The van der Waals surface area contributed by atoms with Crippen molar-refractivity contribution in [2.45, 2.75) is 10.1 Å². The van der Waals surface area contributed by atoms with Crippen molar-refractivity contribution in [2.75, 3.05) is 11.5 Å². The highest BCUT2D eigenvalue weighted by molar-refractivity contribution is 8.00. The summed E-state index contributed by atoms with van der Waals surface area (Å²) < 4.78 is 0. The molecule has 114 valence electrons. The van der Waals surface area contributed by atoms with Gasteiger partial charge in [0.1, 0.15) is 22.2 Å². The molecular formula is C17H9N5S2. The van der Waals surface area contributed by atoms with Gasteiger partial charge in [-0.1, -0.05) is 53.9 Å². The lowest BCUT2D eigenvalue weighted by Gasteiger charge is -2.13. The van der Waals surface area contributed by atoms with Gasteiger partial charge in [0.25, 0.3) is 0 Å². The lowest BCUT2D eigenvalue weighted by atomic mass is 9.98. The van der Waals surface area contributed by atoms with E-state index < -0.39 is 0 Å². The standard InChI is InChI=1S/C17H9N5S2/c18-6-8-23-16-13(10-20)15(12-4-2-1-3-5-12)14(11-21)17(22-16)24-9-7-19/h1-5H,8-9H2. The Morgan fingerprint density at radius 1 is 0.792 bits per heavy atom. The van der Waals surface area contributed by atoms with Gasteiger partial charge in [-0.25, -0.2) is 4.98 Å². The van der Waals surface area contributed by atoms with E-state index in [-0.39, 0.29) is 22.6 Å². The van der Waals surface area contributed by atoms with Gasteiger partial charge < -0.3 is 0 Å². The van der Waals surface area contributed by atoms with Gasteiger partial charge in [-0.05, 0) is 5.56 Å². The van der Waals surface area contributed by atoms with Crippen LogP contribution in [-0.2, 0) is 0 Å². The Labute approximate surface area is 148 Å². The summed E-state index contributed by atoms with van der Waals surface area (Å²) in [5, 5.41) is 37.6. The number of thioether (sulfide) groups is 2. The van der Waals surface area contributed by atoms with Gasteiger partial charge in [0, 0.05) is 5.56 Å². The minimum atomic E-state index is 0.143. The Bertz CT molecular complexity index is 857. The molecule has 0 saturated carbocycles. The number of hydrogen-bond acceptors (Lipinski definition) is 7. The summed E-state index contributed by atoms with van der Waals surface area (Å²) in [6.45, 7) is 0. The summed E-state index contributed by atoms with van der Waals surface area (Å²) in [7, 11) is 0. The first-order valence-electron chi connectivity index (χ1n) is 6.70. The molecule has 7 heteroatoms. The Morgan fingerprint density at radius 3 is 1.71 bits per heavy atom. The molecule has 0 aliphatic rings. The van der Waals surface area contributed by atoms with Crippen LogP contribution in [0.5, 0.6) is 0 Å². The average molecular weight is 347 g/mol. The van der Waals surface area contributed by atoms with Gasteiger partial charge in [0.05, 0.1) is 34.8 Å². The number of benzene rings is 1. The molecular weight excluding hydrogens is 338 g/mol. The van der Waals surface area contributed by atoms with Crippen LogP contribution in [-0.4, -0.2) is 16.5 Å². The zero-order valence-corrected chi connectivity index (χ0v) is 14.0. The molecule has 0 radical (unpaired) electrons. The molecule has 1 aromatic heterocycles. The van der Waals surface area contributed by atoms with Crippen molar-refractivity contribution in [3.8, 4) is 35.4 Å². The summed E-state index contributed by atoms with van der Waals surface area (Å²) in [5.41, 5.74) is 1.78. The van der Waals surface area contributed by atoms with Crippen LogP contribution >= 0.6 is 23.5 Å². The Kier molecular flexibility index (Phi) is 6.23. The molecule has 0 fully saturated rings. The molecule has 0 unspecified atom stereocenters. The van der Waals surface area contributed by atoms with E-state index in [1.807, 2.05) is 42.5 Å². The maximum absolute atomic E-state index is 9.59. The first-order chi connectivity index (χ1) is 11.8. The van der Waals surface area contributed by atoms with Crippen LogP contribution in [0.2, 0.25) is 0 Å². The first-order valence-corrected chi connectivity index (χ1v) is 8.67. The molecule has 2 aromatic rings. The van der Waals surface area contributed by atoms with E-state index in [0.717, 1.165) is 29.1 Å². The number of hydrogen-bond donors (Lipinski definition) is 0. The third-order valence-corrected chi connectivity index (χ3v) is 4.65. The highest BCUT2D eigenvalue weighted by Gasteiger charge is 2.21. The van der Waals surface area contributed by atoms with E-state index in [4.69, 9.17) is 10.5 Å². The van der Waals surface area contributed by atoms with Crippen molar-refractivity contribution < 1.29 is 0 Å². The highest BCUT2D eigenvalue weighted by atomic mass is 32.2. The molecule has 1 aromatic carbocycles. The maximum atomic E-state index is 9.59. The van der Waals surface area contributed by atoms with Crippen molar-refractivity contribution in [3.05, 3.63) is 41.5 Å². The molecule has 0 atom stereocenters. The predicted molar refractivity (Wildman–Crippen MR) is 91.8 cm³/mol. The van der Waals surface area contributed by atoms with Crippen LogP contribution in [0, 0.1) is 45.3 Å². The Morgan fingerprint density at radius 2 is 1.29 bits per heavy atom. The summed E-state index contributed by atoms with van der Waals surface area (Å²) in [6.07, 6.45) is 0. The summed E-state index contributed by atoms with van der Waals surface area (Å²) >= 11 is 2.29. The SMILES string of the molecule is N#CCSc1nc(SCC#N)c(C#N)c(-c2ccccc2)c1C#N. The molecule has 0 aliphatic heterocycles. The lowest BCUT2D eigenvalue weighted by molar-refractivity contribution is 0.986. The summed E-state index contributed by atoms with van der Waals surface area (Å²) in [6, 6.07) is 17.4. The van der Waals surface area contributed by atoms with Crippen LogP contribution in [0.3, 0.4) is 0 Å². The molecule has 5 nitrogen and oxygen atoms in total. The van der Waals surface area contributed by atoms with E-state index >= 15 is 0 Å². The molecule has 0 bridgehead atoms. The van der Waals surface area contributed by atoms with Gasteiger partial charge >= 0.3 is 0 Å². The van der Waals surface area contributed by atoms with Crippen LogP contribution in [0.25, 0.3) is 11.1 Å². The molecule has 0 aliphatic carbocycles. The van der Waals surface area contributed by atoms with E-state index in [2.05, 4.69) is 17.1 Å². The second-order valence-electron chi connectivity index (χ2n) is 4.33. The normalized spacial score (nSPS) is 9.33. The average Bonchev–Trinajstić information content (AvgIpc) is 2.64. The topological polar surface area (TPSA) is 108 Å². The van der Waals surface area contributed by atoms with Crippen molar-refractivity contribution in [3.63, 3.8) is 0 Å². The number of nitriles is 4. The minimum absolute atomic E-state index is 0.143. The number of rotatable bonds is 5. The van der Waals surface area contributed by atoms with E-state index in [1.54, 1.807) is 0 Å². The van der Waals surface area contributed by atoms with Gasteiger partial charge in [0.2, 0.25) is 0 Å². The second kappa shape index (κ2) is 8.61. The van der Waals surface area contributed by atoms with Gasteiger partial charge in [0.15, 0.2) is 0 Å². The van der Waals surface area contributed by atoms with Crippen molar-refractivity contribution in [1.82, 2.24) is 4.98 Å². The largest absolute Gasteiger partial charge is 0.232 e. The number of aromatic nitrogens is 1. The van der Waals surface area contributed by atoms with Crippen LogP contribution in [0.1, 0.15) is 11.1 Å². The Hall–Kier alpha value is -2.97. The predicted octanol–water partition coefficient (Wildman–Crippen LogP) is 3.72. The van der Waals surface area contributed by atoms with Crippen molar-refractivity contribution >= 4 is 23.5 Å². The third-order valence-electron chi connectivity index (χ3n) is 2.96. The molecule has 1 heterocycles. The third kappa shape index (κ3) is 3.67. The molecule has 0 saturated heterocycles. The molecule has 0 amide bonds. The molecule has 0 spiro atoms. The maximum Gasteiger partial charge on any atom is 0.117 e. The van der Waals surface area contributed by atoms with Crippen LogP contribution in [0.15, 0.2) is 40.4 Å². The Balaban J connectivity index is 2.78. The number of pyridine rings is 1. The molecule has 0 N–H and O–H groups in total. The zero-order chi connectivity index (χ0) is 17.4. The fourth-order valence-electron chi connectivity index (χ4n) is 2.05. The first kappa shape index (κ1) is 17.4. The van der Waals surface area contributed by atoms with Gasteiger partial charge in [-0.2, -0.15) is 21.0 Å². The van der Waals surface area contributed by atoms with Gasteiger partial charge in [-0.15, -0.1) is 0 Å². The zero-order valence-electron chi connectivity index (χ0n) is 12.4. The lowest BCUT2D eigenvalue weighted by Crippen LogP contribution is -2.00. The van der Waals surface area contributed by atoms with Crippen LogP contribution < -0.4 is 0 Å². The van der Waals surface area contributed by atoms with Gasteiger partial charge in [-0.3, -0.25) is 0 Å². The smallest absolute Gasteiger partial charge is 0.117 e. The molecule has 24 heavy (non-hydrogen) atoms. The minimum Gasteiger partial charge on any atom is -0.232 e. The summed E-state index contributed by atoms with van der Waals surface area (Å²) in [4.78, 5) is 4.35. The van der Waals surface area contributed by atoms with E-state index in [9.17, 15) is 10.5 Å². The number of nitrogens with zero attached hydrogens (tertiary/aromatic N) is 5. The van der Waals surface area contributed by atoms with Crippen molar-refractivity contribution in [2.24, 2.45) is 0 Å².